The Morgan fingerprint density at radius 3 is 2.78 bits per heavy atom. The molecule has 27 heavy (non-hydrogen) atoms. The van der Waals surface area contributed by atoms with Crippen molar-refractivity contribution in [2.75, 3.05) is 25.6 Å². The molecule has 4 rings (SSSR count). The van der Waals surface area contributed by atoms with Gasteiger partial charge in [-0.05, 0) is 25.1 Å². The number of halogens is 1. The Morgan fingerprint density at radius 2 is 2.11 bits per heavy atom. The summed E-state index contributed by atoms with van der Waals surface area (Å²) in [7, 11) is 1.49. The minimum atomic E-state index is -1.32. The number of amides is 3. The Morgan fingerprint density at radius 1 is 1.37 bits per heavy atom. The molecule has 1 aromatic rings. The SMILES string of the molecule is COCCN1C(=O)[C@@H]2[C@@H]([C@H](C)O)[NH2+][C@]3(C(=O)Nc4ccc(Cl)cc43)[C@@H]2C1=O. The van der Waals surface area contributed by atoms with Crippen molar-refractivity contribution in [3.05, 3.63) is 28.8 Å². The van der Waals surface area contributed by atoms with Crippen molar-refractivity contribution in [3.8, 4) is 0 Å². The molecule has 0 aromatic heterocycles. The predicted molar refractivity (Wildman–Crippen MR) is 94.7 cm³/mol. The van der Waals surface area contributed by atoms with Crippen LogP contribution in [-0.2, 0) is 24.7 Å². The molecule has 2 fully saturated rings. The average molecular weight is 395 g/mol. The molecular formula is C18H21ClN3O5+. The van der Waals surface area contributed by atoms with Crippen molar-refractivity contribution < 1.29 is 29.5 Å². The van der Waals surface area contributed by atoms with E-state index in [9.17, 15) is 19.5 Å². The molecule has 1 spiro atoms. The van der Waals surface area contributed by atoms with Crippen LogP contribution in [0.3, 0.4) is 0 Å². The quantitative estimate of drug-likeness (QED) is 0.571. The molecule has 3 heterocycles. The molecule has 5 atom stereocenters. The second-order valence-corrected chi connectivity index (χ2v) is 7.76. The van der Waals surface area contributed by atoms with Crippen LogP contribution in [0.5, 0.6) is 0 Å². The van der Waals surface area contributed by atoms with Crippen molar-refractivity contribution in [3.63, 3.8) is 0 Å². The van der Waals surface area contributed by atoms with Gasteiger partial charge in [0.15, 0.2) is 0 Å². The van der Waals surface area contributed by atoms with E-state index >= 15 is 0 Å². The zero-order chi connectivity index (χ0) is 19.5. The van der Waals surface area contributed by atoms with Crippen LogP contribution < -0.4 is 10.6 Å². The van der Waals surface area contributed by atoms with E-state index in [0.29, 0.717) is 16.3 Å². The van der Waals surface area contributed by atoms with Gasteiger partial charge < -0.3 is 20.5 Å². The number of aliphatic hydroxyl groups is 1. The van der Waals surface area contributed by atoms with E-state index in [-0.39, 0.29) is 25.0 Å². The number of quaternary nitrogens is 1. The van der Waals surface area contributed by atoms with Gasteiger partial charge in [-0.25, -0.2) is 0 Å². The number of rotatable bonds is 4. The summed E-state index contributed by atoms with van der Waals surface area (Å²) in [5.41, 5.74) is -0.171. The monoisotopic (exact) mass is 394 g/mol. The number of likely N-dealkylation sites (tertiary alicyclic amines) is 1. The topological polar surface area (TPSA) is 113 Å². The highest BCUT2D eigenvalue weighted by atomic mass is 35.5. The van der Waals surface area contributed by atoms with Crippen LogP contribution in [0.4, 0.5) is 5.69 Å². The maximum atomic E-state index is 13.2. The average Bonchev–Trinajstić information content (AvgIpc) is 3.20. The van der Waals surface area contributed by atoms with Crippen LogP contribution in [-0.4, -0.2) is 60.1 Å². The molecule has 2 saturated heterocycles. The number of benzene rings is 1. The van der Waals surface area contributed by atoms with E-state index in [1.165, 1.54) is 7.11 Å². The van der Waals surface area contributed by atoms with Crippen molar-refractivity contribution in [1.29, 1.82) is 0 Å². The van der Waals surface area contributed by atoms with Crippen molar-refractivity contribution in [2.45, 2.75) is 24.6 Å². The highest BCUT2D eigenvalue weighted by Gasteiger charge is 2.74. The Labute approximate surface area is 160 Å². The summed E-state index contributed by atoms with van der Waals surface area (Å²) in [6.07, 6.45) is -0.882. The second-order valence-electron chi connectivity index (χ2n) is 7.32. The fourth-order valence-corrected chi connectivity index (χ4v) is 4.93. The molecule has 144 valence electrons. The Bertz CT molecular complexity index is 844. The zero-order valence-corrected chi connectivity index (χ0v) is 15.7. The lowest BCUT2D eigenvalue weighted by atomic mass is 9.76. The molecule has 4 N–H and O–H groups in total. The number of methoxy groups -OCH3 is 1. The van der Waals surface area contributed by atoms with Gasteiger partial charge in [0.1, 0.15) is 24.0 Å². The fraction of sp³-hybridized carbons (Fsp3) is 0.500. The second kappa shape index (κ2) is 6.27. The van der Waals surface area contributed by atoms with Crippen molar-refractivity contribution in [2.24, 2.45) is 11.8 Å². The number of hydrogen-bond acceptors (Lipinski definition) is 5. The third kappa shape index (κ3) is 2.37. The first kappa shape index (κ1) is 18.4. The maximum Gasteiger partial charge on any atom is 0.291 e. The molecule has 0 unspecified atom stereocenters. The number of carbonyl (C=O) groups is 3. The lowest BCUT2D eigenvalue weighted by Gasteiger charge is -2.27. The van der Waals surface area contributed by atoms with E-state index in [2.05, 4.69) is 5.32 Å². The van der Waals surface area contributed by atoms with E-state index in [1.54, 1.807) is 30.4 Å². The summed E-state index contributed by atoms with van der Waals surface area (Å²) in [6, 6.07) is 4.38. The normalized spacial score (nSPS) is 32.8. The number of nitrogens with zero attached hydrogens (tertiary/aromatic N) is 1. The summed E-state index contributed by atoms with van der Waals surface area (Å²) in [5, 5.41) is 15.2. The number of nitrogens with two attached hydrogens (primary N) is 1. The molecule has 0 saturated carbocycles. The van der Waals surface area contributed by atoms with Gasteiger partial charge in [-0.15, -0.1) is 0 Å². The summed E-state index contributed by atoms with van der Waals surface area (Å²) in [6.45, 7) is 1.90. The van der Waals surface area contributed by atoms with Gasteiger partial charge in [0.25, 0.3) is 5.91 Å². The number of nitrogens with one attached hydrogen (secondary N) is 1. The van der Waals surface area contributed by atoms with Gasteiger partial charge in [0, 0.05) is 17.7 Å². The fourth-order valence-electron chi connectivity index (χ4n) is 4.76. The molecule has 1 aromatic carbocycles. The molecule has 0 bridgehead atoms. The first-order valence-corrected chi connectivity index (χ1v) is 9.20. The Kier molecular flexibility index (Phi) is 4.27. The van der Waals surface area contributed by atoms with Crippen LogP contribution in [0.25, 0.3) is 0 Å². The van der Waals surface area contributed by atoms with Gasteiger partial charge in [0.2, 0.25) is 17.4 Å². The first-order valence-electron chi connectivity index (χ1n) is 8.82. The van der Waals surface area contributed by atoms with Gasteiger partial charge in [-0.2, -0.15) is 0 Å². The van der Waals surface area contributed by atoms with Crippen molar-refractivity contribution in [1.82, 2.24) is 4.90 Å². The minimum Gasteiger partial charge on any atom is -0.387 e. The number of anilines is 1. The number of ether oxygens (including phenoxy) is 1. The standard InChI is InChI=1S/C18H20ClN3O5/c1-8(23)14-12-13(16(25)22(15(12)24)5-6-27-2)18(21-14)10-7-9(19)3-4-11(10)20-17(18)26/h3-4,7-8,12-14,21,23H,5-6H2,1-2H3,(H,20,26)/p+1/t8-,12-,13-,14+,18-/m0/s1. The van der Waals surface area contributed by atoms with Gasteiger partial charge in [-0.3, -0.25) is 19.3 Å². The molecule has 8 nitrogen and oxygen atoms in total. The number of carbonyl (C=O) groups excluding carboxylic acids is 3. The molecule has 3 aliphatic rings. The predicted octanol–water partition coefficient (Wildman–Crippen LogP) is -0.939. The lowest BCUT2D eigenvalue weighted by molar-refractivity contribution is -0.738. The molecule has 3 aliphatic heterocycles. The number of imide groups is 1. The van der Waals surface area contributed by atoms with E-state index in [1.807, 2.05) is 0 Å². The largest absolute Gasteiger partial charge is 0.387 e. The number of aliphatic hydroxyl groups excluding tert-OH is 1. The summed E-state index contributed by atoms with van der Waals surface area (Å²) >= 11 is 6.16. The zero-order valence-electron chi connectivity index (χ0n) is 14.9. The van der Waals surface area contributed by atoms with Gasteiger partial charge >= 0.3 is 0 Å². The maximum absolute atomic E-state index is 13.2. The Hall–Kier alpha value is -2.00. The highest BCUT2D eigenvalue weighted by Crippen LogP contribution is 2.49. The summed E-state index contributed by atoms with van der Waals surface area (Å²) in [5.74, 6) is -2.84. The Balaban J connectivity index is 1.86. The molecule has 0 aliphatic carbocycles. The first-order chi connectivity index (χ1) is 12.8. The van der Waals surface area contributed by atoms with Crippen LogP contribution >= 0.6 is 11.6 Å². The lowest BCUT2D eigenvalue weighted by Crippen LogP contribution is -3.00. The van der Waals surface area contributed by atoms with Crippen LogP contribution in [0.1, 0.15) is 12.5 Å². The minimum absolute atomic E-state index is 0.119. The molecular weight excluding hydrogens is 374 g/mol. The highest BCUT2D eigenvalue weighted by molar-refractivity contribution is 6.31. The molecule has 9 heteroatoms. The molecule has 3 amide bonds. The summed E-state index contributed by atoms with van der Waals surface area (Å²) in [4.78, 5) is 40.4. The van der Waals surface area contributed by atoms with Crippen LogP contribution in [0, 0.1) is 11.8 Å². The number of fused-ring (bicyclic) bond motifs is 4. The smallest absolute Gasteiger partial charge is 0.291 e. The van der Waals surface area contributed by atoms with Gasteiger partial charge in [0.05, 0.1) is 18.8 Å². The van der Waals surface area contributed by atoms with E-state index < -0.39 is 35.4 Å². The molecule has 0 radical (unpaired) electrons. The third-order valence-corrected chi connectivity index (χ3v) is 6.17. The third-order valence-electron chi connectivity index (χ3n) is 5.93. The number of hydrogen-bond donors (Lipinski definition) is 3. The van der Waals surface area contributed by atoms with Crippen LogP contribution in [0.15, 0.2) is 18.2 Å². The van der Waals surface area contributed by atoms with Gasteiger partial charge in [-0.1, -0.05) is 11.6 Å². The van der Waals surface area contributed by atoms with Crippen molar-refractivity contribution >= 4 is 35.0 Å². The van der Waals surface area contributed by atoms with E-state index in [4.69, 9.17) is 16.3 Å². The van der Waals surface area contributed by atoms with E-state index in [0.717, 1.165) is 4.90 Å². The summed E-state index contributed by atoms with van der Waals surface area (Å²) < 4.78 is 5.01. The van der Waals surface area contributed by atoms with Crippen LogP contribution in [0.2, 0.25) is 5.02 Å².